The van der Waals surface area contributed by atoms with Crippen LogP contribution >= 0.6 is 0 Å². The SMILES string of the molecule is CC[C@H](C)[C@H](NC1CCC(=O)NCCCCC(C(=O)N[C@@H](CO)C(=O)N[C@@H](Cc2ccccc2)C(N)=O)NC(=O)[C@H](CO)NC(=O)[C@H]([C@@H](C)O)NC1=O)C(=O)O. The maximum Gasteiger partial charge on any atom is 0.320 e. The molecule has 9 atom stereocenters. The van der Waals surface area contributed by atoms with Crippen molar-refractivity contribution >= 4 is 47.3 Å². The van der Waals surface area contributed by atoms with E-state index in [1.165, 1.54) is 6.92 Å². The molecule has 7 amide bonds. The lowest BCUT2D eigenvalue weighted by Crippen LogP contribution is -2.62. The minimum absolute atomic E-state index is 0.0258. The van der Waals surface area contributed by atoms with Crippen LogP contribution in [-0.4, -0.2) is 136 Å². The van der Waals surface area contributed by atoms with Crippen molar-refractivity contribution in [3.8, 4) is 0 Å². The molecule has 2 rings (SSSR count). The highest BCUT2D eigenvalue weighted by molar-refractivity contribution is 5.97. The van der Waals surface area contributed by atoms with Crippen molar-refractivity contribution in [2.24, 2.45) is 11.7 Å². The van der Waals surface area contributed by atoms with E-state index in [1.54, 1.807) is 44.2 Å². The Hall–Kier alpha value is -5.18. The molecule has 1 fully saturated rings. The van der Waals surface area contributed by atoms with Crippen molar-refractivity contribution in [2.45, 2.75) is 114 Å². The molecule has 312 valence electrons. The summed E-state index contributed by atoms with van der Waals surface area (Å²) in [5.74, 6) is -8.02. The predicted molar refractivity (Wildman–Crippen MR) is 199 cm³/mol. The molecule has 20 heteroatoms. The number of aliphatic hydroxyl groups excluding tert-OH is 3. The molecule has 0 spiro atoms. The molecular formula is C36H56N8O12. The molecular weight excluding hydrogens is 736 g/mol. The lowest BCUT2D eigenvalue weighted by Gasteiger charge is -2.29. The fourth-order valence-electron chi connectivity index (χ4n) is 5.75. The number of aliphatic hydroxyl groups is 3. The van der Waals surface area contributed by atoms with Crippen molar-refractivity contribution < 1.29 is 58.8 Å². The van der Waals surface area contributed by atoms with E-state index in [0.29, 0.717) is 12.0 Å². The third-order valence-electron chi connectivity index (χ3n) is 9.35. The normalized spacial score (nSPS) is 23.2. The smallest absolute Gasteiger partial charge is 0.320 e. The van der Waals surface area contributed by atoms with E-state index in [4.69, 9.17) is 5.73 Å². The predicted octanol–water partition coefficient (Wildman–Crippen LogP) is -3.96. The van der Waals surface area contributed by atoms with Gasteiger partial charge in [-0.1, -0.05) is 50.6 Å². The fourth-order valence-corrected chi connectivity index (χ4v) is 5.75. The van der Waals surface area contributed by atoms with E-state index < -0.39 is 115 Å². The Morgan fingerprint density at radius 3 is 2.14 bits per heavy atom. The van der Waals surface area contributed by atoms with E-state index >= 15 is 0 Å². The minimum atomic E-state index is -1.72. The number of carbonyl (C=O) groups excluding carboxylic acids is 7. The first-order chi connectivity index (χ1) is 26.5. The van der Waals surface area contributed by atoms with E-state index in [9.17, 15) is 58.8 Å². The van der Waals surface area contributed by atoms with Crippen LogP contribution < -0.4 is 43.0 Å². The molecule has 0 radical (unpaired) electrons. The third-order valence-corrected chi connectivity index (χ3v) is 9.35. The molecule has 1 aliphatic rings. The van der Waals surface area contributed by atoms with Gasteiger partial charge in [0.25, 0.3) is 0 Å². The van der Waals surface area contributed by atoms with Crippen molar-refractivity contribution in [3.05, 3.63) is 35.9 Å². The van der Waals surface area contributed by atoms with Crippen LogP contribution in [-0.2, 0) is 44.8 Å². The summed E-state index contributed by atoms with van der Waals surface area (Å²) >= 11 is 0. The first kappa shape index (κ1) is 47.0. The highest BCUT2D eigenvalue weighted by atomic mass is 16.4. The summed E-state index contributed by atoms with van der Waals surface area (Å²) < 4.78 is 0. The largest absolute Gasteiger partial charge is 0.480 e. The van der Waals surface area contributed by atoms with Crippen molar-refractivity contribution in [1.82, 2.24) is 37.2 Å². The number of hydrogen-bond acceptors (Lipinski definition) is 12. The van der Waals surface area contributed by atoms with Gasteiger partial charge in [0.2, 0.25) is 41.4 Å². The number of primary amides is 1. The second kappa shape index (κ2) is 23.7. The highest BCUT2D eigenvalue weighted by Gasteiger charge is 2.36. The van der Waals surface area contributed by atoms with Gasteiger partial charge < -0.3 is 58.1 Å². The summed E-state index contributed by atoms with van der Waals surface area (Å²) in [6.07, 6.45) is -1.12. The van der Waals surface area contributed by atoms with Gasteiger partial charge in [0.15, 0.2) is 0 Å². The lowest BCUT2D eigenvalue weighted by molar-refractivity contribution is -0.142. The molecule has 0 bridgehead atoms. The second-order valence-electron chi connectivity index (χ2n) is 13.7. The second-order valence-corrected chi connectivity index (χ2v) is 13.7. The molecule has 0 aliphatic carbocycles. The van der Waals surface area contributed by atoms with Crippen LogP contribution in [0.4, 0.5) is 0 Å². The van der Waals surface area contributed by atoms with Crippen molar-refractivity contribution in [1.29, 1.82) is 0 Å². The summed E-state index contributed by atoms with van der Waals surface area (Å²) in [5, 5.41) is 57.5. The number of benzene rings is 1. The fraction of sp³-hybridized carbons (Fsp3) is 0.611. The van der Waals surface area contributed by atoms with E-state index in [0.717, 1.165) is 0 Å². The van der Waals surface area contributed by atoms with E-state index in [2.05, 4.69) is 37.2 Å². The number of hydrogen-bond donors (Lipinski definition) is 12. The van der Waals surface area contributed by atoms with Gasteiger partial charge >= 0.3 is 5.97 Å². The zero-order valence-electron chi connectivity index (χ0n) is 31.8. The maximum atomic E-state index is 13.5. The molecule has 1 saturated heterocycles. The average molecular weight is 793 g/mol. The molecule has 1 aromatic carbocycles. The zero-order chi connectivity index (χ0) is 41.9. The summed E-state index contributed by atoms with van der Waals surface area (Å²) in [7, 11) is 0. The van der Waals surface area contributed by atoms with Crippen LogP contribution in [0.2, 0.25) is 0 Å². The number of aliphatic carboxylic acids is 1. The number of carboxylic acid groups (broad SMARTS) is 1. The van der Waals surface area contributed by atoms with Crippen LogP contribution in [0.25, 0.3) is 0 Å². The number of rotatable bonds is 15. The molecule has 0 aromatic heterocycles. The van der Waals surface area contributed by atoms with Crippen LogP contribution in [0, 0.1) is 5.92 Å². The Balaban J connectivity index is 2.30. The first-order valence-corrected chi connectivity index (χ1v) is 18.5. The van der Waals surface area contributed by atoms with Gasteiger partial charge in [-0.15, -0.1) is 0 Å². The van der Waals surface area contributed by atoms with E-state index in [1.807, 2.05) is 0 Å². The third kappa shape index (κ3) is 15.2. The Labute approximate surface area is 324 Å². The molecule has 13 N–H and O–H groups in total. The van der Waals surface area contributed by atoms with Crippen LogP contribution in [0.5, 0.6) is 0 Å². The van der Waals surface area contributed by atoms with Gasteiger partial charge in [-0.25, -0.2) is 0 Å². The summed E-state index contributed by atoms with van der Waals surface area (Å²) in [6.45, 7) is 2.79. The Morgan fingerprint density at radius 2 is 1.57 bits per heavy atom. The first-order valence-electron chi connectivity index (χ1n) is 18.5. The molecule has 1 aromatic rings. The number of amides is 7. The molecule has 1 aliphatic heterocycles. The summed E-state index contributed by atoms with van der Waals surface area (Å²) in [4.78, 5) is 104. The van der Waals surface area contributed by atoms with Gasteiger partial charge in [0.1, 0.15) is 36.3 Å². The topological polar surface area (TPSA) is 328 Å². The Morgan fingerprint density at radius 1 is 0.893 bits per heavy atom. The Bertz CT molecular complexity index is 1510. The summed E-state index contributed by atoms with van der Waals surface area (Å²) in [5.41, 5.74) is 6.16. The zero-order valence-corrected chi connectivity index (χ0v) is 31.8. The standard InChI is InChI=1S/C36H56N8O12/c1-4-19(2)28(36(55)56)39-23-13-14-27(48)38-15-9-8-12-22(40-33(52)26(18-46)43-35(54)29(20(3)47)44-32(23)51)31(50)42-25(17-45)34(53)41-24(30(37)49)16-21-10-6-5-7-11-21/h5-7,10-11,19-20,22-26,28-29,39,45-47H,4,8-9,12-18H2,1-3H3,(H2,37,49)(H,38,48)(H,40,52)(H,41,53)(H,42,50)(H,43,54)(H,44,51)(H,55,56)/t19-,20+,22?,23?,24-,25-,26-,28-,29-/m0/s1. The van der Waals surface area contributed by atoms with Gasteiger partial charge in [0.05, 0.1) is 25.4 Å². The van der Waals surface area contributed by atoms with Crippen molar-refractivity contribution in [3.63, 3.8) is 0 Å². The monoisotopic (exact) mass is 792 g/mol. The van der Waals surface area contributed by atoms with Gasteiger partial charge in [0, 0.05) is 19.4 Å². The van der Waals surface area contributed by atoms with E-state index in [-0.39, 0.29) is 45.1 Å². The van der Waals surface area contributed by atoms with Gasteiger partial charge in [-0.2, -0.15) is 0 Å². The molecule has 20 nitrogen and oxygen atoms in total. The number of carboxylic acids is 1. The molecule has 0 saturated carbocycles. The molecule has 1 heterocycles. The molecule has 2 unspecified atom stereocenters. The average Bonchev–Trinajstić information content (AvgIpc) is 3.16. The maximum absolute atomic E-state index is 13.5. The number of carbonyl (C=O) groups is 8. The Kier molecular flexibility index (Phi) is 19.9. The summed E-state index contributed by atoms with van der Waals surface area (Å²) in [6, 6.07) is -1.49. The quantitative estimate of drug-likeness (QED) is 0.0808. The number of nitrogens with one attached hydrogen (secondary N) is 7. The van der Waals surface area contributed by atoms with Gasteiger partial charge in [-0.3, -0.25) is 43.7 Å². The van der Waals surface area contributed by atoms with Gasteiger partial charge in [-0.05, 0) is 44.1 Å². The minimum Gasteiger partial charge on any atom is -0.480 e. The van der Waals surface area contributed by atoms with Crippen LogP contribution in [0.15, 0.2) is 30.3 Å². The lowest BCUT2D eigenvalue weighted by atomic mass is 9.97. The molecule has 56 heavy (non-hydrogen) atoms. The van der Waals surface area contributed by atoms with Crippen LogP contribution in [0.3, 0.4) is 0 Å². The van der Waals surface area contributed by atoms with Crippen molar-refractivity contribution in [2.75, 3.05) is 19.8 Å². The van der Waals surface area contributed by atoms with Crippen LogP contribution in [0.1, 0.15) is 64.9 Å². The highest BCUT2D eigenvalue weighted by Crippen LogP contribution is 2.12. The number of nitrogens with two attached hydrogens (primary N) is 1.